The zero-order valence-electron chi connectivity index (χ0n) is 12.7. The highest BCUT2D eigenvalue weighted by molar-refractivity contribution is 5.95. The van der Waals surface area contributed by atoms with Crippen LogP contribution in [0.3, 0.4) is 0 Å². The first-order chi connectivity index (χ1) is 9.46. The average molecular weight is 275 g/mol. The predicted molar refractivity (Wildman–Crippen MR) is 81.6 cm³/mol. The van der Waals surface area contributed by atoms with Gasteiger partial charge in [0.15, 0.2) is 0 Å². The van der Waals surface area contributed by atoms with E-state index in [1.54, 1.807) is 6.07 Å². The number of hydrogen-bond donors (Lipinski definition) is 2. The molecule has 1 aromatic heterocycles. The number of anilines is 1. The van der Waals surface area contributed by atoms with Crippen LogP contribution in [0.4, 0.5) is 5.82 Å². The zero-order chi connectivity index (χ0) is 14.8. The van der Waals surface area contributed by atoms with Gasteiger partial charge in [-0.1, -0.05) is 27.2 Å². The van der Waals surface area contributed by atoms with Crippen molar-refractivity contribution in [2.75, 3.05) is 12.3 Å². The van der Waals surface area contributed by atoms with Crippen molar-refractivity contribution in [3.8, 4) is 0 Å². The van der Waals surface area contributed by atoms with Crippen molar-refractivity contribution in [3.05, 3.63) is 23.4 Å². The molecule has 0 bridgehead atoms. The Morgan fingerprint density at radius 3 is 2.65 bits per heavy atom. The molecule has 0 aromatic carbocycles. The van der Waals surface area contributed by atoms with Crippen molar-refractivity contribution in [3.63, 3.8) is 0 Å². The van der Waals surface area contributed by atoms with E-state index >= 15 is 0 Å². The molecule has 1 aliphatic rings. The Labute approximate surface area is 121 Å². The maximum Gasteiger partial charge on any atom is 0.251 e. The molecule has 1 fully saturated rings. The fourth-order valence-corrected chi connectivity index (χ4v) is 2.70. The van der Waals surface area contributed by atoms with E-state index in [9.17, 15) is 4.79 Å². The molecule has 0 saturated heterocycles. The highest BCUT2D eigenvalue weighted by Crippen LogP contribution is 2.43. The van der Waals surface area contributed by atoms with Gasteiger partial charge in [-0.3, -0.25) is 4.79 Å². The average Bonchev–Trinajstić information content (AvgIpc) is 2.37. The summed E-state index contributed by atoms with van der Waals surface area (Å²) >= 11 is 0. The van der Waals surface area contributed by atoms with E-state index in [0.717, 1.165) is 18.7 Å². The van der Waals surface area contributed by atoms with Crippen LogP contribution in [0.1, 0.15) is 68.4 Å². The molecule has 1 amide bonds. The smallest absolute Gasteiger partial charge is 0.251 e. The Morgan fingerprint density at radius 1 is 1.45 bits per heavy atom. The van der Waals surface area contributed by atoms with E-state index in [1.807, 2.05) is 19.9 Å². The van der Waals surface area contributed by atoms with Crippen LogP contribution in [0, 0.1) is 5.41 Å². The molecule has 1 saturated carbocycles. The van der Waals surface area contributed by atoms with Crippen LogP contribution in [0.5, 0.6) is 0 Å². The number of pyridine rings is 1. The van der Waals surface area contributed by atoms with Crippen molar-refractivity contribution in [2.45, 2.75) is 52.4 Å². The van der Waals surface area contributed by atoms with Crippen molar-refractivity contribution in [2.24, 2.45) is 5.41 Å². The van der Waals surface area contributed by atoms with Gasteiger partial charge < -0.3 is 11.1 Å². The molecule has 0 unspecified atom stereocenters. The first-order valence-corrected chi connectivity index (χ1v) is 7.51. The van der Waals surface area contributed by atoms with Crippen LogP contribution in [0.15, 0.2) is 12.1 Å². The van der Waals surface area contributed by atoms with Gasteiger partial charge in [-0.25, -0.2) is 4.98 Å². The summed E-state index contributed by atoms with van der Waals surface area (Å²) in [4.78, 5) is 16.5. The SMILES string of the molecule is CCC1(CNC(=O)c2cc(N)nc(C(C)C)c2)CCC1. The lowest BCUT2D eigenvalue weighted by Gasteiger charge is -2.41. The Morgan fingerprint density at radius 2 is 2.15 bits per heavy atom. The molecule has 1 aromatic rings. The highest BCUT2D eigenvalue weighted by Gasteiger charge is 2.35. The number of carbonyl (C=O) groups is 1. The van der Waals surface area contributed by atoms with Crippen molar-refractivity contribution >= 4 is 11.7 Å². The van der Waals surface area contributed by atoms with Gasteiger partial charge in [0.1, 0.15) is 5.82 Å². The lowest BCUT2D eigenvalue weighted by molar-refractivity contribution is 0.0850. The molecular formula is C16H25N3O. The Kier molecular flexibility index (Phi) is 4.31. The molecule has 110 valence electrons. The second kappa shape index (κ2) is 5.81. The number of hydrogen-bond acceptors (Lipinski definition) is 3. The van der Waals surface area contributed by atoms with Crippen LogP contribution in [-0.4, -0.2) is 17.4 Å². The molecule has 1 heterocycles. The summed E-state index contributed by atoms with van der Waals surface area (Å²) in [5, 5.41) is 3.06. The Balaban J connectivity index is 2.05. The number of nitrogens with one attached hydrogen (secondary N) is 1. The van der Waals surface area contributed by atoms with Gasteiger partial charge in [-0.2, -0.15) is 0 Å². The fourth-order valence-electron chi connectivity index (χ4n) is 2.70. The second-order valence-corrected chi connectivity index (χ2v) is 6.25. The third-order valence-electron chi connectivity index (χ3n) is 4.51. The Bertz CT molecular complexity index is 487. The van der Waals surface area contributed by atoms with Crippen molar-refractivity contribution < 1.29 is 4.79 Å². The molecule has 1 aliphatic carbocycles. The number of aromatic nitrogens is 1. The van der Waals surface area contributed by atoms with Gasteiger partial charge in [0, 0.05) is 17.8 Å². The first-order valence-electron chi connectivity index (χ1n) is 7.51. The summed E-state index contributed by atoms with van der Waals surface area (Å²) in [6.07, 6.45) is 4.85. The minimum absolute atomic E-state index is 0.0410. The van der Waals surface area contributed by atoms with E-state index in [1.165, 1.54) is 19.3 Å². The number of amides is 1. The number of nitrogen functional groups attached to an aromatic ring is 1. The van der Waals surface area contributed by atoms with Gasteiger partial charge in [-0.15, -0.1) is 0 Å². The quantitative estimate of drug-likeness (QED) is 0.867. The van der Waals surface area contributed by atoms with Gasteiger partial charge in [0.2, 0.25) is 0 Å². The number of carbonyl (C=O) groups excluding carboxylic acids is 1. The van der Waals surface area contributed by atoms with E-state index < -0.39 is 0 Å². The first kappa shape index (κ1) is 14.8. The summed E-state index contributed by atoms with van der Waals surface area (Å²) in [6, 6.07) is 3.50. The van der Waals surface area contributed by atoms with E-state index in [4.69, 9.17) is 5.73 Å². The van der Waals surface area contributed by atoms with Crippen LogP contribution in [-0.2, 0) is 0 Å². The normalized spacial score (nSPS) is 16.8. The van der Waals surface area contributed by atoms with E-state index in [0.29, 0.717) is 16.8 Å². The molecule has 20 heavy (non-hydrogen) atoms. The van der Waals surface area contributed by atoms with Crippen LogP contribution in [0.25, 0.3) is 0 Å². The molecule has 0 atom stereocenters. The summed E-state index contributed by atoms with van der Waals surface area (Å²) < 4.78 is 0. The molecule has 0 spiro atoms. The molecule has 4 nitrogen and oxygen atoms in total. The summed E-state index contributed by atoms with van der Waals surface area (Å²) in [5.74, 6) is 0.634. The number of rotatable bonds is 5. The lowest BCUT2D eigenvalue weighted by Crippen LogP contribution is -2.41. The predicted octanol–water partition coefficient (Wildman–Crippen LogP) is 3.10. The van der Waals surface area contributed by atoms with Gasteiger partial charge >= 0.3 is 0 Å². The van der Waals surface area contributed by atoms with Crippen molar-refractivity contribution in [1.82, 2.24) is 10.3 Å². The fraction of sp³-hybridized carbons (Fsp3) is 0.625. The van der Waals surface area contributed by atoms with Gasteiger partial charge in [-0.05, 0) is 42.7 Å². The summed E-state index contributed by atoms with van der Waals surface area (Å²) in [7, 11) is 0. The third kappa shape index (κ3) is 3.11. The van der Waals surface area contributed by atoms with Crippen LogP contribution < -0.4 is 11.1 Å². The lowest BCUT2D eigenvalue weighted by atomic mass is 9.67. The van der Waals surface area contributed by atoms with E-state index in [-0.39, 0.29) is 11.8 Å². The monoisotopic (exact) mass is 275 g/mol. The number of nitrogens with two attached hydrogens (primary N) is 1. The molecule has 0 radical (unpaired) electrons. The van der Waals surface area contributed by atoms with Crippen LogP contribution in [0.2, 0.25) is 0 Å². The molecular weight excluding hydrogens is 250 g/mol. The van der Waals surface area contributed by atoms with Gasteiger partial charge in [0.25, 0.3) is 5.91 Å². The van der Waals surface area contributed by atoms with Crippen LogP contribution >= 0.6 is 0 Å². The minimum Gasteiger partial charge on any atom is -0.384 e. The number of nitrogens with zero attached hydrogens (tertiary/aromatic N) is 1. The third-order valence-corrected chi connectivity index (χ3v) is 4.51. The topological polar surface area (TPSA) is 68.0 Å². The van der Waals surface area contributed by atoms with Gasteiger partial charge in [0.05, 0.1) is 0 Å². The maximum absolute atomic E-state index is 12.3. The molecule has 3 N–H and O–H groups in total. The minimum atomic E-state index is -0.0410. The molecule has 0 aliphatic heterocycles. The summed E-state index contributed by atoms with van der Waals surface area (Å²) in [6.45, 7) is 7.06. The van der Waals surface area contributed by atoms with Crippen molar-refractivity contribution in [1.29, 1.82) is 0 Å². The molecule has 2 rings (SSSR count). The Hall–Kier alpha value is -1.58. The zero-order valence-corrected chi connectivity index (χ0v) is 12.7. The standard InChI is InChI=1S/C16H25N3O/c1-4-16(6-5-7-16)10-18-15(20)12-8-13(11(2)3)19-14(17)9-12/h8-9,11H,4-7,10H2,1-3H3,(H2,17,19)(H,18,20). The highest BCUT2D eigenvalue weighted by atomic mass is 16.1. The van der Waals surface area contributed by atoms with E-state index in [2.05, 4.69) is 17.2 Å². The maximum atomic E-state index is 12.3. The molecule has 4 heteroatoms. The largest absolute Gasteiger partial charge is 0.384 e. The summed E-state index contributed by atoms with van der Waals surface area (Å²) in [5.41, 5.74) is 7.60. The second-order valence-electron chi connectivity index (χ2n) is 6.25.